The summed E-state index contributed by atoms with van der Waals surface area (Å²) in [5.41, 5.74) is 2.86. The first-order chi connectivity index (χ1) is 15.3. The summed E-state index contributed by atoms with van der Waals surface area (Å²) in [5.74, 6) is 0.0473. The summed E-state index contributed by atoms with van der Waals surface area (Å²) < 4.78 is 7.19. The first-order valence-corrected chi connectivity index (χ1v) is 10.7. The lowest BCUT2D eigenvalue weighted by Crippen LogP contribution is -2.39. The van der Waals surface area contributed by atoms with E-state index in [1.165, 1.54) is 6.33 Å². The van der Waals surface area contributed by atoms with Crippen LogP contribution in [0.3, 0.4) is 0 Å². The number of hydrogen-bond acceptors (Lipinski definition) is 6. The number of aromatic nitrogens is 4. The monoisotopic (exact) mass is 420 g/mol. The molecule has 1 fully saturated rings. The molecule has 0 N–H and O–H groups in total. The molecule has 1 aliphatic heterocycles. The van der Waals surface area contributed by atoms with Crippen molar-refractivity contribution in [3.05, 3.63) is 78.1 Å². The van der Waals surface area contributed by atoms with Crippen molar-refractivity contribution in [1.29, 1.82) is 0 Å². The molecule has 0 atom stereocenters. The molecule has 8 nitrogen and oxygen atoms in total. The summed E-state index contributed by atoms with van der Waals surface area (Å²) in [5, 5.41) is 4.13. The van der Waals surface area contributed by atoms with Crippen molar-refractivity contribution < 1.29 is 9.53 Å². The van der Waals surface area contributed by atoms with Crippen LogP contribution in [-0.4, -0.2) is 74.8 Å². The van der Waals surface area contributed by atoms with Crippen LogP contribution in [0.2, 0.25) is 0 Å². The van der Waals surface area contributed by atoms with Crippen LogP contribution >= 0.6 is 0 Å². The molecule has 31 heavy (non-hydrogen) atoms. The fraction of sp³-hybridized carbons (Fsp3) is 0.391. The first-order valence-electron chi connectivity index (χ1n) is 10.7. The van der Waals surface area contributed by atoms with Gasteiger partial charge in [0.15, 0.2) is 0 Å². The normalized spacial score (nSPS) is 14.5. The molecule has 162 valence electrons. The lowest BCUT2D eigenvalue weighted by molar-refractivity contribution is 0.0355. The standard InChI is InChI=1S/C23H28N6O2/c30-23(22-4-2-20(3-5-22)17-29-19-25-18-26-29)28(16-21-6-8-24-9-7-21)11-1-10-27-12-14-31-15-13-27/h2-9,18-19H,1,10-17H2. The van der Waals surface area contributed by atoms with Gasteiger partial charge in [-0.15, -0.1) is 0 Å². The third kappa shape index (κ3) is 6.19. The molecule has 0 bridgehead atoms. The summed E-state index contributed by atoms with van der Waals surface area (Å²) in [6.07, 6.45) is 7.67. The molecular weight excluding hydrogens is 392 g/mol. The topological polar surface area (TPSA) is 76.4 Å². The van der Waals surface area contributed by atoms with Crippen LogP contribution in [0.5, 0.6) is 0 Å². The van der Waals surface area contributed by atoms with Crippen LogP contribution in [0.25, 0.3) is 0 Å². The molecule has 0 aliphatic carbocycles. The van der Waals surface area contributed by atoms with E-state index in [0.717, 1.165) is 50.4 Å². The van der Waals surface area contributed by atoms with Crippen molar-refractivity contribution in [3.63, 3.8) is 0 Å². The van der Waals surface area contributed by atoms with Gasteiger partial charge in [-0.2, -0.15) is 5.10 Å². The summed E-state index contributed by atoms with van der Waals surface area (Å²) in [6.45, 7) is 6.40. The molecule has 0 spiro atoms. The maximum absolute atomic E-state index is 13.3. The highest BCUT2D eigenvalue weighted by molar-refractivity contribution is 5.94. The van der Waals surface area contributed by atoms with E-state index in [0.29, 0.717) is 25.2 Å². The predicted octanol–water partition coefficient (Wildman–Crippen LogP) is 2.09. The Kier molecular flexibility index (Phi) is 7.36. The first kappa shape index (κ1) is 21.1. The minimum absolute atomic E-state index is 0.0473. The summed E-state index contributed by atoms with van der Waals surface area (Å²) in [6, 6.07) is 11.7. The Morgan fingerprint density at radius 1 is 1.00 bits per heavy atom. The van der Waals surface area contributed by atoms with E-state index in [1.54, 1.807) is 23.4 Å². The van der Waals surface area contributed by atoms with Gasteiger partial charge in [0.2, 0.25) is 0 Å². The Morgan fingerprint density at radius 3 is 2.48 bits per heavy atom. The minimum atomic E-state index is 0.0473. The quantitative estimate of drug-likeness (QED) is 0.528. The Balaban J connectivity index is 1.40. The van der Waals surface area contributed by atoms with Gasteiger partial charge in [0.25, 0.3) is 5.91 Å². The Morgan fingerprint density at radius 2 is 1.77 bits per heavy atom. The highest BCUT2D eigenvalue weighted by Crippen LogP contribution is 2.13. The molecule has 3 aromatic rings. The number of benzene rings is 1. The van der Waals surface area contributed by atoms with E-state index in [4.69, 9.17) is 4.74 Å². The van der Waals surface area contributed by atoms with E-state index in [1.807, 2.05) is 41.3 Å². The van der Waals surface area contributed by atoms with Crippen LogP contribution in [0.1, 0.15) is 27.9 Å². The number of amides is 1. The zero-order chi connectivity index (χ0) is 21.3. The molecule has 0 unspecified atom stereocenters. The van der Waals surface area contributed by atoms with Crippen molar-refractivity contribution in [2.75, 3.05) is 39.4 Å². The molecule has 1 aliphatic rings. The smallest absolute Gasteiger partial charge is 0.254 e. The van der Waals surface area contributed by atoms with Gasteiger partial charge < -0.3 is 9.64 Å². The number of hydrogen-bond donors (Lipinski definition) is 0. The van der Waals surface area contributed by atoms with Crippen molar-refractivity contribution in [3.8, 4) is 0 Å². The lowest BCUT2D eigenvalue weighted by Gasteiger charge is -2.28. The number of ether oxygens (including phenoxy) is 1. The van der Waals surface area contributed by atoms with E-state index >= 15 is 0 Å². The van der Waals surface area contributed by atoms with Crippen LogP contribution in [0, 0.1) is 0 Å². The van der Waals surface area contributed by atoms with Crippen molar-refractivity contribution in [2.45, 2.75) is 19.5 Å². The van der Waals surface area contributed by atoms with Crippen molar-refractivity contribution >= 4 is 5.91 Å². The van der Waals surface area contributed by atoms with E-state index < -0.39 is 0 Å². The number of nitrogens with zero attached hydrogens (tertiary/aromatic N) is 6. The van der Waals surface area contributed by atoms with Gasteiger partial charge in [0.05, 0.1) is 19.8 Å². The van der Waals surface area contributed by atoms with Gasteiger partial charge in [-0.05, 0) is 41.8 Å². The largest absolute Gasteiger partial charge is 0.379 e. The minimum Gasteiger partial charge on any atom is -0.379 e. The molecular formula is C23H28N6O2. The fourth-order valence-corrected chi connectivity index (χ4v) is 3.71. The predicted molar refractivity (Wildman–Crippen MR) is 116 cm³/mol. The van der Waals surface area contributed by atoms with Crippen molar-refractivity contribution in [1.82, 2.24) is 29.5 Å². The van der Waals surface area contributed by atoms with Crippen LogP contribution < -0.4 is 0 Å². The number of pyridine rings is 1. The molecule has 2 aromatic heterocycles. The number of carbonyl (C=O) groups is 1. The van der Waals surface area contributed by atoms with Gasteiger partial charge in [-0.1, -0.05) is 12.1 Å². The molecule has 0 radical (unpaired) electrons. The van der Waals surface area contributed by atoms with Crippen LogP contribution in [-0.2, 0) is 17.8 Å². The lowest BCUT2D eigenvalue weighted by atomic mass is 10.1. The van der Waals surface area contributed by atoms with Gasteiger partial charge in [-0.25, -0.2) is 9.67 Å². The number of rotatable bonds is 9. The second kappa shape index (κ2) is 10.8. The molecule has 1 amide bonds. The van der Waals surface area contributed by atoms with Crippen molar-refractivity contribution in [2.24, 2.45) is 0 Å². The van der Waals surface area contributed by atoms with E-state index in [9.17, 15) is 4.79 Å². The summed E-state index contributed by atoms with van der Waals surface area (Å²) in [7, 11) is 0. The average molecular weight is 421 g/mol. The van der Waals surface area contributed by atoms with Gasteiger partial charge >= 0.3 is 0 Å². The number of morpholine rings is 1. The van der Waals surface area contributed by atoms with Crippen LogP contribution in [0.15, 0.2) is 61.4 Å². The fourth-order valence-electron chi connectivity index (χ4n) is 3.71. The zero-order valence-corrected chi connectivity index (χ0v) is 17.6. The van der Waals surface area contributed by atoms with E-state index in [-0.39, 0.29) is 5.91 Å². The molecule has 0 saturated carbocycles. The highest BCUT2D eigenvalue weighted by atomic mass is 16.5. The number of carbonyl (C=O) groups excluding carboxylic acids is 1. The maximum Gasteiger partial charge on any atom is 0.254 e. The van der Waals surface area contributed by atoms with Gasteiger partial charge in [-0.3, -0.25) is 14.7 Å². The Bertz CT molecular complexity index is 924. The van der Waals surface area contributed by atoms with E-state index in [2.05, 4.69) is 20.0 Å². The molecule has 1 aromatic carbocycles. The Hall–Kier alpha value is -3.10. The second-order valence-electron chi connectivity index (χ2n) is 7.68. The Labute approximate surface area is 182 Å². The average Bonchev–Trinajstić information content (AvgIpc) is 3.33. The molecule has 8 heteroatoms. The third-order valence-electron chi connectivity index (χ3n) is 5.43. The highest BCUT2D eigenvalue weighted by Gasteiger charge is 2.17. The third-order valence-corrected chi connectivity index (χ3v) is 5.43. The molecule has 1 saturated heterocycles. The van der Waals surface area contributed by atoms with Crippen LogP contribution in [0.4, 0.5) is 0 Å². The maximum atomic E-state index is 13.3. The second-order valence-corrected chi connectivity index (χ2v) is 7.68. The van der Waals surface area contributed by atoms with Gasteiger partial charge in [0, 0.05) is 50.7 Å². The zero-order valence-electron chi connectivity index (χ0n) is 17.6. The summed E-state index contributed by atoms with van der Waals surface area (Å²) >= 11 is 0. The SMILES string of the molecule is O=C(c1ccc(Cn2cncn2)cc1)N(CCCN1CCOCC1)Cc1ccncc1. The molecule has 4 rings (SSSR count). The molecule has 3 heterocycles. The summed E-state index contributed by atoms with van der Waals surface area (Å²) in [4.78, 5) is 25.7. The van der Waals surface area contributed by atoms with Gasteiger partial charge in [0.1, 0.15) is 12.7 Å².